The summed E-state index contributed by atoms with van der Waals surface area (Å²) in [6.45, 7) is 1.54. The number of rotatable bonds is 6. The molecule has 1 aromatic carbocycles. The highest BCUT2D eigenvalue weighted by Crippen LogP contribution is 2.22. The van der Waals surface area contributed by atoms with E-state index in [0.717, 1.165) is 22.3 Å². The van der Waals surface area contributed by atoms with E-state index in [4.69, 9.17) is 14.3 Å². The van der Waals surface area contributed by atoms with Crippen molar-refractivity contribution in [1.82, 2.24) is 4.98 Å². The normalized spacial score (nSPS) is 10.7. The van der Waals surface area contributed by atoms with Crippen molar-refractivity contribution in [2.75, 3.05) is 11.9 Å². The van der Waals surface area contributed by atoms with Gasteiger partial charge in [0.05, 0.1) is 12.1 Å². The average molecular weight is 374 g/mol. The van der Waals surface area contributed by atoms with Gasteiger partial charge in [0.2, 0.25) is 0 Å². The predicted molar refractivity (Wildman–Crippen MR) is 94.8 cm³/mol. The number of ether oxygens (including phenoxy) is 1. The number of anilines is 1. The van der Waals surface area contributed by atoms with Crippen molar-refractivity contribution in [3.8, 4) is 5.75 Å². The minimum absolute atomic E-state index is 0.204. The number of benzene rings is 1. The Bertz CT molecular complexity index is 1040. The van der Waals surface area contributed by atoms with Gasteiger partial charge in [-0.15, -0.1) is 11.3 Å². The largest absolute Gasteiger partial charge is 0.484 e. The summed E-state index contributed by atoms with van der Waals surface area (Å²) < 4.78 is 10.5. The first-order valence-corrected chi connectivity index (χ1v) is 8.42. The molecule has 0 atom stereocenters. The summed E-state index contributed by atoms with van der Waals surface area (Å²) in [6, 6.07) is 6.38. The predicted octanol–water partition coefficient (Wildman–Crippen LogP) is 2.20. The summed E-state index contributed by atoms with van der Waals surface area (Å²) in [5, 5.41) is 13.9. The summed E-state index contributed by atoms with van der Waals surface area (Å²) in [4.78, 5) is 38.0. The average Bonchev–Trinajstić information content (AvgIpc) is 2.98. The van der Waals surface area contributed by atoms with Crippen molar-refractivity contribution in [3.63, 3.8) is 0 Å². The van der Waals surface area contributed by atoms with Crippen LogP contribution in [0.1, 0.15) is 11.3 Å². The van der Waals surface area contributed by atoms with E-state index in [-0.39, 0.29) is 13.0 Å². The number of hydrogen-bond donors (Lipinski definition) is 2. The number of thiazole rings is 1. The third kappa shape index (κ3) is 4.25. The first-order valence-electron chi connectivity index (χ1n) is 7.54. The second kappa shape index (κ2) is 7.36. The number of carboxylic acids is 1. The van der Waals surface area contributed by atoms with E-state index in [0.29, 0.717) is 22.2 Å². The number of aryl methyl sites for hydroxylation is 1. The number of hydrogen-bond acceptors (Lipinski definition) is 7. The number of nitrogens with one attached hydrogen (secondary N) is 1. The lowest BCUT2D eigenvalue weighted by Crippen LogP contribution is -2.20. The molecule has 0 unspecified atom stereocenters. The molecular formula is C17H14N2O6S. The van der Waals surface area contributed by atoms with E-state index in [1.54, 1.807) is 30.5 Å². The lowest BCUT2D eigenvalue weighted by atomic mass is 10.1. The lowest BCUT2D eigenvalue weighted by Gasteiger charge is -2.07. The first kappa shape index (κ1) is 17.6. The highest BCUT2D eigenvalue weighted by Gasteiger charge is 2.10. The van der Waals surface area contributed by atoms with Crippen LogP contribution in [0.5, 0.6) is 5.75 Å². The van der Waals surface area contributed by atoms with Crippen LogP contribution in [0.15, 0.2) is 38.9 Å². The fourth-order valence-corrected chi connectivity index (χ4v) is 3.03. The third-order valence-electron chi connectivity index (χ3n) is 3.42. The number of nitrogens with zero attached hydrogens (tertiary/aromatic N) is 1. The van der Waals surface area contributed by atoms with Gasteiger partial charge >= 0.3 is 11.6 Å². The Labute approximate surface area is 151 Å². The fourth-order valence-electron chi connectivity index (χ4n) is 2.30. The molecule has 0 spiro atoms. The van der Waals surface area contributed by atoms with Crippen molar-refractivity contribution in [2.45, 2.75) is 13.3 Å². The number of aliphatic carboxylic acids is 1. The summed E-state index contributed by atoms with van der Waals surface area (Å²) in [7, 11) is 0. The zero-order chi connectivity index (χ0) is 18.7. The van der Waals surface area contributed by atoms with Gasteiger partial charge in [0.15, 0.2) is 11.7 Å². The molecule has 0 radical (unpaired) electrons. The van der Waals surface area contributed by atoms with Gasteiger partial charge in [-0.25, -0.2) is 9.78 Å². The van der Waals surface area contributed by atoms with Crippen LogP contribution in [0.25, 0.3) is 11.0 Å². The zero-order valence-electron chi connectivity index (χ0n) is 13.6. The quantitative estimate of drug-likeness (QED) is 0.635. The minimum atomic E-state index is -0.991. The fraction of sp³-hybridized carbons (Fsp3) is 0.176. The van der Waals surface area contributed by atoms with Crippen molar-refractivity contribution in [3.05, 3.63) is 51.3 Å². The van der Waals surface area contributed by atoms with Gasteiger partial charge < -0.3 is 14.3 Å². The molecule has 134 valence electrons. The Hall–Kier alpha value is -3.20. The maximum Gasteiger partial charge on any atom is 0.336 e. The number of aromatic nitrogens is 1. The van der Waals surface area contributed by atoms with Gasteiger partial charge in [0.1, 0.15) is 11.3 Å². The van der Waals surface area contributed by atoms with E-state index in [1.807, 2.05) is 0 Å². The van der Waals surface area contributed by atoms with Gasteiger partial charge in [-0.3, -0.25) is 14.9 Å². The van der Waals surface area contributed by atoms with Crippen molar-refractivity contribution >= 4 is 39.3 Å². The summed E-state index contributed by atoms with van der Waals surface area (Å²) >= 11 is 1.13. The standard InChI is InChI=1S/C17H14N2O6S/c1-9-4-16(23)25-13-6-11(2-3-12(9)13)24-7-14(20)19-17-18-10(8-26-17)5-15(21)22/h2-4,6,8H,5,7H2,1H3,(H,21,22)(H,18,19,20). The van der Waals surface area contributed by atoms with Crippen LogP contribution in [-0.2, 0) is 16.0 Å². The van der Waals surface area contributed by atoms with Gasteiger partial charge in [-0.2, -0.15) is 0 Å². The SMILES string of the molecule is Cc1cc(=O)oc2cc(OCC(=O)Nc3nc(CC(=O)O)cs3)ccc12. The van der Waals surface area contributed by atoms with Crippen LogP contribution in [0.4, 0.5) is 5.13 Å². The Kier molecular flexibility index (Phi) is 4.99. The number of carbonyl (C=O) groups is 2. The van der Waals surface area contributed by atoms with Crippen LogP contribution < -0.4 is 15.7 Å². The number of amides is 1. The summed E-state index contributed by atoms with van der Waals surface area (Å²) in [5.74, 6) is -1.05. The molecule has 2 N–H and O–H groups in total. The van der Waals surface area contributed by atoms with Crippen LogP contribution in [0.3, 0.4) is 0 Å². The van der Waals surface area contributed by atoms with Gasteiger partial charge in [-0.1, -0.05) is 0 Å². The summed E-state index contributed by atoms with van der Waals surface area (Å²) in [5.41, 5.74) is 1.09. The molecule has 3 aromatic rings. The molecule has 2 heterocycles. The van der Waals surface area contributed by atoms with Crippen LogP contribution >= 0.6 is 11.3 Å². The second-order valence-corrected chi connectivity index (χ2v) is 6.32. The van der Waals surface area contributed by atoms with Gasteiger partial charge in [0.25, 0.3) is 5.91 Å². The number of carbonyl (C=O) groups excluding carboxylic acids is 1. The molecule has 0 saturated carbocycles. The first-order chi connectivity index (χ1) is 12.4. The molecule has 3 rings (SSSR count). The van der Waals surface area contributed by atoms with Crippen LogP contribution in [0.2, 0.25) is 0 Å². The highest BCUT2D eigenvalue weighted by atomic mass is 32.1. The Morgan fingerprint density at radius 2 is 2.15 bits per heavy atom. The maximum atomic E-state index is 11.9. The van der Waals surface area contributed by atoms with E-state index in [1.165, 1.54) is 6.07 Å². The molecule has 0 aliphatic carbocycles. The maximum absolute atomic E-state index is 11.9. The van der Waals surface area contributed by atoms with E-state index >= 15 is 0 Å². The van der Waals surface area contributed by atoms with Crippen LogP contribution in [0, 0.1) is 6.92 Å². The van der Waals surface area contributed by atoms with Crippen LogP contribution in [-0.4, -0.2) is 28.6 Å². The molecule has 0 aliphatic heterocycles. The third-order valence-corrected chi connectivity index (χ3v) is 4.23. The Morgan fingerprint density at radius 1 is 1.35 bits per heavy atom. The number of fused-ring (bicyclic) bond motifs is 1. The summed E-state index contributed by atoms with van der Waals surface area (Å²) in [6.07, 6.45) is -0.204. The Balaban J connectivity index is 1.62. The monoisotopic (exact) mass is 374 g/mol. The van der Waals surface area contributed by atoms with E-state index in [9.17, 15) is 14.4 Å². The topological polar surface area (TPSA) is 119 Å². The van der Waals surface area contributed by atoms with E-state index in [2.05, 4.69) is 10.3 Å². The molecule has 2 aromatic heterocycles. The molecule has 26 heavy (non-hydrogen) atoms. The lowest BCUT2D eigenvalue weighted by molar-refractivity contribution is -0.136. The number of carboxylic acid groups (broad SMARTS) is 1. The Morgan fingerprint density at radius 3 is 2.92 bits per heavy atom. The molecule has 0 fully saturated rings. The van der Waals surface area contributed by atoms with Gasteiger partial charge in [-0.05, 0) is 24.6 Å². The zero-order valence-corrected chi connectivity index (χ0v) is 14.5. The molecular weight excluding hydrogens is 360 g/mol. The van der Waals surface area contributed by atoms with Crippen molar-refractivity contribution in [1.29, 1.82) is 0 Å². The molecule has 8 nitrogen and oxygen atoms in total. The molecule has 0 aliphatic rings. The van der Waals surface area contributed by atoms with Crippen molar-refractivity contribution < 1.29 is 23.8 Å². The van der Waals surface area contributed by atoms with Crippen molar-refractivity contribution in [2.24, 2.45) is 0 Å². The highest BCUT2D eigenvalue weighted by molar-refractivity contribution is 7.13. The second-order valence-electron chi connectivity index (χ2n) is 5.46. The minimum Gasteiger partial charge on any atom is -0.484 e. The molecule has 0 saturated heterocycles. The molecule has 1 amide bonds. The molecule has 9 heteroatoms. The smallest absolute Gasteiger partial charge is 0.336 e. The van der Waals surface area contributed by atoms with Gasteiger partial charge in [0, 0.05) is 22.9 Å². The molecule has 0 bridgehead atoms. The van der Waals surface area contributed by atoms with E-state index < -0.39 is 17.5 Å².